The van der Waals surface area contributed by atoms with Gasteiger partial charge in [0, 0.05) is 33.7 Å². The van der Waals surface area contributed by atoms with Gasteiger partial charge in [-0.25, -0.2) is 0 Å². The summed E-state index contributed by atoms with van der Waals surface area (Å²) in [4.78, 5) is 0. The fourth-order valence-electron chi connectivity index (χ4n) is 7.88. The first-order valence-electron chi connectivity index (χ1n) is 15.7. The molecule has 1 aliphatic rings. The average Bonchev–Trinajstić information content (AvgIpc) is 3.76. The van der Waals surface area contributed by atoms with Crippen molar-refractivity contribution in [3.8, 4) is 33.6 Å². The molecule has 0 bridgehead atoms. The molecule has 2 heterocycles. The molecule has 0 saturated heterocycles. The topological polar surface area (TPSA) is 9.86 Å². The zero-order chi connectivity index (χ0) is 29.5. The fraction of sp³-hybridized carbons (Fsp3) is 0.0233. The summed E-state index contributed by atoms with van der Waals surface area (Å²) in [6, 6.07) is 57.7. The van der Waals surface area contributed by atoms with Crippen LogP contribution < -0.4 is 0 Å². The first-order chi connectivity index (χ1) is 22.3. The molecule has 1 aliphatic carbocycles. The molecule has 45 heavy (non-hydrogen) atoms. The van der Waals surface area contributed by atoms with Crippen molar-refractivity contribution in [2.45, 2.75) is 6.42 Å². The van der Waals surface area contributed by atoms with E-state index in [1.54, 1.807) is 0 Å². The van der Waals surface area contributed by atoms with Crippen LogP contribution in [0.4, 0.5) is 0 Å². The Bertz CT molecular complexity index is 2560. The number of para-hydroxylation sites is 4. The predicted octanol–water partition coefficient (Wildman–Crippen LogP) is 11.1. The Morgan fingerprint density at radius 3 is 1.60 bits per heavy atom. The molecular weight excluding hydrogens is 544 g/mol. The number of benzene rings is 7. The van der Waals surface area contributed by atoms with Crippen molar-refractivity contribution in [2.75, 3.05) is 0 Å². The lowest BCUT2D eigenvalue weighted by Gasteiger charge is -2.13. The minimum atomic E-state index is 0.904. The Morgan fingerprint density at radius 2 is 0.889 bits per heavy atom. The molecule has 0 fully saturated rings. The Morgan fingerprint density at radius 1 is 0.356 bits per heavy atom. The second-order valence-corrected chi connectivity index (χ2v) is 12.1. The van der Waals surface area contributed by atoms with Gasteiger partial charge in [-0.3, -0.25) is 0 Å². The van der Waals surface area contributed by atoms with Crippen LogP contribution in [0, 0.1) is 0 Å². The highest BCUT2D eigenvalue weighted by molar-refractivity contribution is 6.11. The highest BCUT2D eigenvalue weighted by atomic mass is 15.0. The third-order valence-corrected chi connectivity index (χ3v) is 9.79. The van der Waals surface area contributed by atoms with Crippen molar-refractivity contribution in [3.63, 3.8) is 0 Å². The highest BCUT2D eigenvalue weighted by Gasteiger charge is 2.26. The van der Waals surface area contributed by atoms with Gasteiger partial charge in [-0.05, 0) is 81.9 Å². The monoisotopic (exact) mass is 572 g/mol. The Labute approximate surface area is 261 Å². The van der Waals surface area contributed by atoms with Crippen LogP contribution in [0.15, 0.2) is 158 Å². The molecule has 0 atom stereocenters. The molecule has 0 saturated carbocycles. The van der Waals surface area contributed by atoms with E-state index in [2.05, 4.69) is 167 Å². The van der Waals surface area contributed by atoms with Crippen LogP contribution in [0.25, 0.3) is 77.2 Å². The first-order valence-corrected chi connectivity index (χ1v) is 15.7. The van der Waals surface area contributed by atoms with Gasteiger partial charge in [0.25, 0.3) is 0 Å². The molecule has 10 rings (SSSR count). The second-order valence-electron chi connectivity index (χ2n) is 12.1. The van der Waals surface area contributed by atoms with E-state index in [0.717, 1.165) is 6.42 Å². The van der Waals surface area contributed by atoms with Gasteiger partial charge >= 0.3 is 0 Å². The van der Waals surface area contributed by atoms with Crippen molar-refractivity contribution in [2.24, 2.45) is 0 Å². The van der Waals surface area contributed by atoms with Crippen LogP contribution in [0.5, 0.6) is 0 Å². The Hall–Kier alpha value is -5.86. The quantitative estimate of drug-likeness (QED) is 0.199. The van der Waals surface area contributed by atoms with Gasteiger partial charge in [0.15, 0.2) is 0 Å². The van der Waals surface area contributed by atoms with Gasteiger partial charge in [0.05, 0.1) is 27.8 Å². The van der Waals surface area contributed by atoms with E-state index in [1.165, 1.54) is 88.4 Å². The Balaban J connectivity index is 1.16. The van der Waals surface area contributed by atoms with Gasteiger partial charge in [-0.15, -0.1) is 0 Å². The third-order valence-electron chi connectivity index (χ3n) is 9.79. The summed E-state index contributed by atoms with van der Waals surface area (Å²) < 4.78 is 4.86. The molecule has 210 valence electrons. The van der Waals surface area contributed by atoms with Gasteiger partial charge in [-0.2, -0.15) is 0 Å². The van der Waals surface area contributed by atoms with E-state index >= 15 is 0 Å². The molecule has 0 spiro atoms. The molecule has 0 radical (unpaired) electrons. The molecule has 0 aliphatic heterocycles. The van der Waals surface area contributed by atoms with E-state index in [4.69, 9.17) is 0 Å². The lowest BCUT2D eigenvalue weighted by Crippen LogP contribution is -1.99. The lowest BCUT2D eigenvalue weighted by atomic mass is 9.94. The van der Waals surface area contributed by atoms with Crippen molar-refractivity contribution in [1.82, 2.24) is 9.13 Å². The average molecular weight is 573 g/mol. The molecule has 0 unspecified atom stereocenters. The third kappa shape index (κ3) is 3.45. The number of hydrogen-bond donors (Lipinski definition) is 0. The van der Waals surface area contributed by atoms with E-state index < -0.39 is 0 Å². The zero-order valence-corrected chi connectivity index (χ0v) is 24.6. The van der Waals surface area contributed by atoms with Gasteiger partial charge in [0.1, 0.15) is 0 Å². The van der Waals surface area contributed by atoms with Gasteiger partial charge in [-0.1, -0.05) is 109 Å². The minimum Gasteiger partial charge on any atom is -0.309 e. The summed E-state index contributed by atoms with van der Waals surface area (Å²) in [5.74, 6) is 0. The van der Waals surface area contributed by atoms with Crippen LogP contribution >= 0.6 is 0 Å². The number of rotatable bonds is 3. The summed E-state index contributed by atoms with van der Waals surface area (Å²) in [6.45, 7) is 0. The number of hydrogen-bond acceptors (Lipinski definition) is 0. The summed E-state index contributed by atoms with van der Waals surface area (Å²) in [7, 11) is 0. The number of aromatic nitrogens is 2. The molecule has 0 amide bonds. The zero-order valence-electron chi connectivity index (χ0n) is 24.6. The number of fused-ring (bicyclic) bond motifs is 9. The van der Waals surface area contributed by atoms with Crippen molar-refractivity contribution < 1.29 is 0 Å². The van der Waals surface area contributed by atoms with Crippen LogP contribution in [0.3, 0.4) is 0 Å². The Kier molecular flexibility index (Phi) is 5.09. The molecule has 0 N–H and O–H groups in total. The van der Waals surface area contributed by atoms with E-state index in [-0.39, 0.29) is 0 Å². The summed E-state index contributed by atoms with van der Waals surface area (Å²) in [5.41, 5.74) is 15.5. The standard InChI is InChI=1S/C43H28N2/c1-2-12-29(13-3-1)44-39-20-7-6-16-35(39)37-26-28(24-25-43(37)44)30-17-10-18-31-32-19-11-23-42(38(32)27-36(30)31)45-40-21-8-4-14-33(40)34-15-5-9-22-41(34)45/h1-26H,27H2. The molecular formula is C43H28N2. The molecule has 2 aromatic heterocycles. The van der Waals surface area contributed by atoms with Crippen molar-refractivity contribution >= 4 is 43.6 Å². The van der Waals surface area contributed by atoms with Crippen molar-refractivity contribution in [3.05, 3.63) is 169 Å². The van der Waals surface area contributed by atoms with Crippen molar-refractivity contribution in [1.29, 1.82) is 0 Å². The van der Waals surface area contributed by atoms with E-state index in [9.17, 15) is 0 Å². The molecule has 2 nitrogen and oxygen atoms in total. The predicted molar refractivity (Wildman–Crippen MR) is 189 cm³/mol. The SMILES string of the molecule is c1ccc(-n2c3ccccc3c3cc(-c4cccc5c4Cc4c-5cccc4-n4c5ccccc5c5ccccc54)ccc32)cc1. The second kappa shape index (κ2) is 9.32. The molecule has 9 aromatic rings. The minimum absolute atomic E-state index is 0.904. The van der Waals surface area contributed by atoms with Crippen LogP contribution in [-0.2, 0) is 6.42 Å². The largest absolute Gasteiger partial charge is 0.309 e. The summed E-state index contributed by atoms with van der Waals surface area (Å²) in [5, 5.41) is 5.16. The van der Waals surface area contributed by atoms with Crippen LogP contribution in [-0.4, -0.2) is 9.13 Å². The number of nitrogens with zero attached hydrogens (tertiary/aromatic N) is 2. The maximum atomic E-state index is 2.47. The van der Waals surface area contributed by atoms with E-state index in [0.29, 0.717) is 0 Å². The van der Waals surface area contributed by atoms with Crippen LogP contribution in [0.1, 0.15) is 11.1 Å². The molecule has 7 aromatic carbocycles. The smallest absolute Gasteiger partial charge is 0.0541 e. The molecule has 2 heteroatoms. The lowest BCUT2D eigenvalue weighted by molar-refractivity contribution is 1.12. The summed E-state index contributed by atoms with van der Waals surface area (Å²) >= 11 is 0. The summed E-state index contributed by atoms with van der Waals surface area (Å²) in [6.07, 6.45) is 0.904. The van der Waals surface area contributed by atoms with E-state index in [1.807, 2.05) is 0 Å². The van der Waals surface area contributed by atoms with Gasteiger partial charge < -0.3 is 9.13 Å². The fourth-order valence-corrected chi connectivity index (χ4v) is 7.88. The van der Waals surface area contributed by atoms with Crippen LogP contribution in [0.2, 0.25) is 0 Å². The van der Waals surface area contributed by atoms with Gasteiger partial charge in [0.2, 0.25) is 0 Å². The highest BCUT2D eigenvalue weighted by Crippen LogP contribution is 2.46. The normalized spacial score (nSPS) is 12.4. The first kappa shape index (κ1) is 24.6. The maximum absolute atomic E-state index is 2.47. The maximum Gasteiger partial charge on any atom is 0.0541 e.